The van der Waals surface area contributed by atoms with Crippen molar-refractivity contribution in [3.8, 4) is 6.07 Å². The molecule has 1 fully saturated rings. The largest absolute Gasteiger partial charge is 0.339 e. The highest BCUT2D eigenvalue weighted by molar-refractivity contribution is 5.80. The summed E-state index contributed by atoms with van der Waals surface area (Å²) in [6, 6.07) is 24.9. The molecule has 1 aliphatic rings. The van der Waals surface area contributed by atoms with Gasteiger partial charge in [-0.05, 0) is 24.1 Å². The van der Waals surface area contributed by atoms with E-state index in [4.69, 9.17) is 0 Å². The summed E-state index contributed by atoms with van der Waals surface area (Å²) in [5, 5.41) is 9.81. The van der Waals surface area contributed by atoms with E-state index in [2.05, 4.69) is 16.0 Å². The van der Waals surface area contributed by atoms with Crippen LogP contribution in [-0.4, -0.2) is 64.7 Å². The Balaban J connectivity index is 1.45. The van der Waals surface area contributed by atoms with Crippen molar-refractivity contribution in [1.29, 1.82) is 5.26 Å². The topological polar surface area (TPSA) is 80.5 Å². The third-order valence-corrected chi connectivity index (χ3v) is 6.51. The standard InChI is InChI=1S/C28H29N5O2/c1-22-25(13-8-14-30-22)26(19-29)31-15-17-32(18-16-31)27(35)20-33(21-34)28(23-9-4-2-5-10-23)24-11-6-3-7-12-24/h2-14,21,26,28H,15-18,20H2,1H3. The molecule has 1 aliphatic heterocycles. The summed E-state index contributed by atoms with van der Waals surface area (Å²) in [4.78, 5) is 35.2. The molecule has 7 heteroatoms. The van der Waals surface area contributed by atoms with Gasteiger partial charge < -0.3 is 9.80 Å². The first-order chi connectivity index (χ1) is 17.1. The van der Waals surface area contributed by atoms with Crippen LogP contribution >= 0.6 is 0 Å². The Morgan fingerprint density at radius 3 is 2.11 bits per heavy atom. The molecule has 0 spiro atoms. The fraction of sp³-hybridized carbons (Fsp3) is 0.286. The molecule has 4 rings (SSSR count). The second kappa shape index (κ2) is 11.4. The predicted octanol–water partition coefficient (Wildman–Crippen LogP) is 3.35. The van der Waals surface area contributed by atoms with Crippen LogP contribution in [0.5, 0.6) is 0 Å². The van der Waals surface area contributed by atoms with Crippen LogP contribution in [0.3, 0.4) is 0 Å². The van der Waals surface area contributed by atoms with E-state index < -0.39 is 6.04 Å². The zero-order valence-electron chi connectivity index (χ0n) is 19.8. The molecular weight excluding hydrogens is 438 g/mol. The number of piperazine rings is 1. The lowest BCUT2D eigenvalue weighted by atomic mass is 9.97. The van der Waals surface area contributed by atoms with Crippen molar-refractivity contribution in [1.82, 2.24) is 19.7 Å². The summed E-state index contributed by atoms with van der Waals surface area (Å²) in [6.45, 7) is 4.07. The lowest BCUT2D eigenvalue weighted by molar-refractivity contribution is -0.138. The van der Waals surface area contributed by atoms with E-state index in [0.29, 0.717) is 26.2 Å². The van der Waals surface area contributed by atoms with Crippen LogP contribution in [0, 0.1) is 18.3 Å². The summed E-state index contributed by atoms with van der Waals surface area (Å²) < 4.78 is 0. The zero-order chi connectivity index (χ0) is 24.6. The normalized spacial score (nSPS) is 14.8. The maximum Gasteiger partial charge on any atom is 0.242 e. The number of aromatic nitrogens is 1. The van der Waals surface area contributed by atoms with Crippen LogP contribution in [0.2, 0.25) is 0 Å². The van der Waals surface area contributed by atoms with Crippen molar-refractivity contribution in [2.45, 2.75) is 19.0 Å². The first-order valence-electron chi connectivity index (χ1n) is 11.8. The number of aryl methyl sites for hydroxylation is 1. The second-order valence-corrected chi connectivity index (χ2v) is 8.63. The molecule has 1 unspecified atom stereocenters. The highest BCUT2D eigenvalue weighted by atomic mass is 16.2. The van der Waals surface area contributed by atoms with Crippen molar-refractivity contribution >= 4 is 12.3 Å². The summed E-state index contributed by atoms with van der Waals surface area (Å²) >= 11 is 0. The van der Waals surface area contributed by atoms with Crippen molar-refractivity contribution in [2.75, 3.05) is 32.7 Å². The number of carbonyl (C=O) groups is 2. The van der Waals surface area contributed by atoms with Crippen LogP contribution < -0.4 is 0 Å². The first-order valence-corrected chi connectivity index (χ1v) is 11.8. The number of carbonyl (C=O) groups excluding carboxylic acids is 2. The van der Waals surface area contributed by atoms with Gasteiger partial charge in [-0.15, -0.1) is 0 Å². The zero-order valence-corrected chi connectivity index (χ0v) is 19.8. The lowest BCUT2D eigenvalue weighted by Gasteiger charge is -2.38. The van der Waals surface area contributed by atoms with Gasteiger partial charge in [0.15, 0.2) is 0 Å². The minimum Gasteiger partial charge on any atom is -0.339 e. The van der Waals surface area contributed by atoms with Crippen LogP contribution in [-0.2, 0) is 9.59 Å². The monoisotopic (exact) mass is 467 g/mol. The highest BCUT2D eigenvalue weighted by Gasteiger charge is 2.30. The maximum absolute atomic E-state index is 13.2. The van der Waals surface area contributed by atoms with Crippen LogP contribution in [0.15, 0.2) is 79.0 Å². The number of amides is 2. The van der Waals surface area contributed by atoms with E-state index in [9.17, 15) is 14.9 Å². The molecule has 0 aliphatic carbocycles. The van der Waals surface area contributed by atoms with Crippen molar-refractivity contribution in [3.05, 3.63) is 101 Å². The molecule has 0 radical (unpaired) electrons. The maximum atomic E-state index is 13.2. The van der Waals surface area contributed by atoms with E-state index in [-0.39, 0.29) is 18.5 Å². The molecule has 178 valence electrons. The minimum atomic E-state index is -0.395. The summed E-state index contributed by atoms with van der Waals surface area (Å²) in [7, 11) is 0. The van der Waals surface area contributed by atoms with Crippen molar-refractivity contribution in [3.63, 3.8) is 0 Å². The Labute approximate surface area is 206 Å². The molecule has 2 heterocycles. The van der Waals surface area contributed by atoms with Gasteiger partial charge in [-0.25, -0.2) is 0 Å². The predicted molar refractivity (Wildman–Crippen MR) is 133 cm³/mol. The van der Waals surface area contributed by atoms with Gasteiger partial charge in [0.05, 0.1) is 12.1 Å². The van der Waals surface area contributed by atoms with E-state index in [1.54, 1.807) is 16.0 Å². The Morgan fingerprint density at radius 1 is 1.00 bits per heavy atom. The summed E-state index contributed by atoms with van der Waals surface area (Å²) in [6.07, 6.45) is 2.48. The summed E-state index contributed by atoms with van der Waals surface area (Å²) in [5.41, 5.74) is 3.64. The van der Waals surface area contributed by atoms with Gasteiger partial charge in [-0.1, -0.05) is 66.7 Å². The van der Waals surface area contributed by atoms with Gasteiger partial charge in [-0.3, -0.25) is 19.5 Å². The van der Waals surface area contributed by atoms with Crippen LogP contribution in [0.1, 0.15) is 34.5 Å². The van der Waals surface area contributed by atoms with Gasteiger partial charge >= 0.3 is 0 Å². The lowest BCUT2D eigenvalue weighted by Crippen LogP contribution is -2.52. The van der Waals surface area contributed by atoms with Crippen molar-refractivity contribution in [2.24, 2.45) is 0 Å². The SMILES string of the molecule is Cc1ncccc1C(C#N)N1CCN(C(=O)CN(C=O)C(c2ccccc2)c2ccccc2)CC1. The third kappa shape index (κ3) is 5.56. The molecule has 7 nitrogen and oxygen atoms in total. The fourth-order valence-corrected chi connectivity index (χ4v) is 4.65. The molecule has 35 heavy (non-hydrogen) atoms. The Kier molecular flexibility index (Phi) is 7.86. The molecule has 2 aromatic carbocycles. The number of nitriles is 1. The van der Waals surface area contributed by atoms with Gasteiger partial charge in [0.2, 0.25) is 12.3 Å². The smallest absolute Gasteiger partial charge is 0.242 e. The van der Waals surface area contributed by atoms with Gasteiger partial charge in [0.25, 0.3) is 0 Å². The Morgan fingerprint density at radius 2 is 1.60 bits per heavy atom. The molecule has 0 bridgehead atoms. The van der Waals surface area contributed by atoms with Crippen LogP contribution in [0.25, 0.3) is 0 Å². The van der Waals surface area contributed by atoms with Crippen LogP contribution in [0.4, 0.5) is 0 Å². The molecule has 1 atom stereocenters. The second-order valence-electron chi connectivity index (χ2n) is 8.63. The first kappa shape index (κ1) is 24.1. The Hall–Kier alpha value is -4.02. The van der Waals surface area contributed by atoms with E-state index in [0.717, 1.165) is 28.8 Å². The number of rotatable bonds is 8. The molecule has 1 saturated heterocycles. The molecule has 3 aromatic rings. The third-order valence-electron chi connectivity index (χ3n) is 6.51. The number of hydrogen-bond donors (Lipinski definition) is 0. The number of hydrogen-bond acceptors (Lipinski definition) is 5. The minimum absolute atomic E-state index is 0.0126. The quantitative estimate of drug-likeness (QED) is 0.475. The molecule has 1 aromatic heterocycles. The number of nitrogens with zero attached hydrogens (tertiary/aromatic N) is 5. The van der Waals surface area contributed by atoms with Crippen molar-refractivity contribution < 1.29 is 9.59 Å². The number of benzene rings is 2. The van der Waals surface area contributed by atoms with Gasteiger partial charge in [0.1, 0.15) is 12.6 Å². The average molecular weight is 468 g/mol. The average Bonchev–Trinajstić information content (AvgIpc) is 2.91. The molecule has 0 N–H and O–H groups in total. The van der Waals surface area contributed by atoms with E-state index in [1.807, 2.05) is 79.7 Å². The molecule has 2 amide bonds. The Bertz CT molecular complexity index is 1130. The van der Waals surface area contributed by atoms with Gasteiger partial charge in [0, 0.05) is 43.6 Å². The fourth-order valence-electron chi connectivity index (χ4n) is 4.65. The number of pyridine rings is 1. The van der Waals surface area contributed by atoms with E-state index in [1.165, 1.54) is 0 Å². The highest BCUT2D eigenvalue weighted by Crippen LogP contribution is 2.28. The van der Waals surface area contributed by atoms with E-state index >= 15 is 0 Å². The molecule has 0 saturated carbocycles. The van der Waals surface area contributed by atoms with Gasteiger partial charge in [-0.2, -0.15) is 5.26 Å². The summed E-state index contributed by atoms with van der Waals surface area (Å²) in [5.74, 6) is -0.0975. The molecular formula is C28H29N5O2.